The van der Waals surface area contributed by atoms with Crippen molar-refractivity contribution in [3.63, 3.8) is 0 Å². The van der Waals surface area contributed by atoms with Crippen LogP contribution < -0.4 is 10.2 Å². The fourth-order valence-electron chi connectivity index (χ4n) is 3.98. The summed E-state index contributed by atoms with van der Waals surface area (Å²) in [4.78, 5) is 25.4. The van der Waals surface area contributed by atoms with Crippen LogP contribution in [0.25, 0.3) is 22.3 Å². The van der Waals surface area contributed by atoms with E-state index in [2.05, 4.69) is 0 Å². The van der Waals surface area contributed by atoms with Crippen LogP contribution in [-0.2, 0) is 9.53 Å². The fourth-order valence-corrected chi connectivity index (χ4v) is 4.24. The topological polar surface area (TPSA) is 126 Å². The fraction of sp³-hybridized carbons (Fsp3) is 0.154. The third kappa shape index (κ3) is 4.36. The van der Waals surface area contributed by atoms with Crippen LogP contribution >= 0.6 is 11.6 Å². The molecule has 0 saturated heterocycles. The molecule has 9 heteroatoms. The lowest BCUT2D eigenvalue weighted by Gasteiger charge is -2.21. The third-order valence-corrected chi connectivity index (χ3v) is 6.01. The second-order valence-corrected chi connectivity index (χ2v) is 8.14. The monoisotopic (exact) mass is 496 g/mol. The maximum atomic E-state index is 13.0. The van der Waals surface area contributed by atoms with Crippen LogP contribution in [0, 0.1) is 0 Å². The highest BCUT2D eigenvalue weighted by molar-refractivity contribution is 6.32. The number of hydrogen-bond acceptors (Lipinski definition) is 8. The Balaban J connectivity index is 2.08. The van der Waals surface area contributed by atoms with Gasteiger partial charge in [0, 0.05) is 23.1 Å². The number of phenolic OH excluding ortho intramolecular Hbond substituents is 3. The van der Waals surface area contributed by atoms with Crippen LogP contribution in [0.5, 0.6) is 23.0 Å². The Morgan fingerprint density at radius 3 is 2.34 bits per heavy atom. The average Bonchev–Trinajstić information content (AvgIpc) is 2.86. The first-order valence-corrected chi connectivity index (χ1v) is 10.8. The smallest absolute Gasteiger partial charge is 0.306 e. The number of aromatic hydroxyl groups is 3. The zero-order valence-corrected chi connectivity index (χ0v) is 19.5. The van der Waals surface area contributed by atoms with Crippen LogP contribution in [-0.4, -0.2) is 35.5 Å². The molecular formula is C26H21ClO8. The van der Waals surface area contributed by atoms with Crippen molar-refractivity contribution in [2.45, 2.75) is 12.3 Å². The molecule has 1 atom stereocenters. The van der Waals surface area contributed by atoms with E-state index in [9.17, 15) is 24.9 Å². The van der Waals surface area contributed by atoms with E-state index < -0.39 is 34.6 Å². The summed E-state index contributed by atoms with van der Waals surface area (Å²) in [6.45, 7) is 0. The highest BCUT2D eigenvalue weighted by Gasteiger charge is 2.31. The molecule has 0 amide bonds. The van der Waals surface area contributed by atoms with E-state index in [1.807, 2.05) is 0 Å². The SMILES string of the molecule is COC(=O)C[C@H](c1ccc(OC)c(Cl)c1)c1c(O)c(O)c(O)c2c(=O)cc(-c3ccccc3)oc12. The van der Waals surface area contributed by atoms with Gasteiger partial charge in [-0.05, 0) is 17.7 Å². The molecule has 0 spiro atoms. The summed E-state index contributed by atoms with van der Waals surface area (Å²) >= 11 is 6.31. The molecule has 3 aromatic carbocycles. The average molecular weight is 497 g/mol. The number of benzene rings is 3. The molecule has 4 aromatic rings. The van der Waals surface area contributed by atoms with E-state index in [1.165, 1.54) is 26.4 Å². The molecule has 0 bridgehead atoms. The van der Waals surface area contributed by atoms with E-state index in [0.717, 1.165) is 0 Å². The van der Waals surface area contributed by atoms with E-state index in [4.69, 9.17) is 25.5 Å². The number of esters is 1. The summed E-state index contributed by atoms with van der Waals surface area (Å²) in [7, 11) is 2.66. The molecule has 0 saturated carbocycles. The molecule has 1 aromatic heterocycles. The number of phenols is 3. The van der Waals surface area contributed by atoms with E-state index >= 15 is 0 Å². The number of rotatable bonds is 6. The minimum Gasteiger partial charge on any atom is -0.504 e. The van der Waals surface area contributed by atoms with Gasteiger partial charge in [0.25, 0.3) is 0 Å². The zero-order valence-electron chi connectivity index (χ0n) is 18.7. The number of carbonyl (C=O) groups excluding carboxylic acids is 1. The van der Waals surface area contributed by atoms with Gasteiger partial charge in [-0.2, -0.15) is 0 Å². The Morgan fingerprint density at radius 2 is 1.71 bits per heavy atom. The summed E-state index contributed by atoms with van der Waals surface area (Å²) in [6.07, 6.45) is -0.300. The molecule has 3 N–H and O–H groups in total. The predicted molar refractivity (Wildman–Crippen MR) is 129 cm³/mol. The van der Waals surface area contributed by atoms with Crippen LogP contribution in [0.4, 0.5) is 0 Å². The predicted octanol–water partition coefficient (Wildman–Crippen LogP) is 4.93. The summed E-state index contributed by atoms with van der Waals surface area (Å²) < 4.78 is 16.1. The number of halogens is 1. The third-order valence-electron chi connectivity index (χ3n) is 5.72. The Morgan fingerprint density at radius 1 is 1.00 bits per heavy atom. The number of carbonyl (C=O) groups is 1. The Kier molecular flexibility index (Phi) is 6.57. The van der Waals surface area contributed by atoms with E-state index in [1.54, 1.807) is 42.5 Å². The highest BCUT2D eigenvalue weighted by Crippen LogP contribution is 2.49. The minimum atomic E-state index is -0.978. The van der Waals surface area contributed by atoms with Crippen molar-refractivity contribution in [3.05, 3.63) is 81.0 Å². The van der Waals surface area contributed by atoms with E-state index in [-0.39, 0.29) is 33.7 Å². The molecule has 1 heterocycles. The minimum absolute atomic E-state index is 0.0863. The van der Waals surface area contributed by atoms with Crippen molar-refractivity contribution in [1.29, 1.82) is 0 Å². The molecule has 0 aliphatic heterocycles. The number of hydrogen-bond donors (Lipinski definition) is 3. The summed E-state index contributed by atoms with van der Waals surface area (Å²) in [5.74, 6) is -3.56. The summed E-state index contributed by atoms with van der Waals surface area (Å²) in [5, 5.41) is 31.8. The number of methoxy groups -OCH3 is 2. The van der Waals surface area contributed by atoms with Gasteiger partial charge in [-0.15, -0.1) is 0 Å². The zero-order chi connectivity index (χ0) is 25.3. The highest BCUT2D eigenvalue weighted by atomic mass is 35.5. The maximum Gasteiger partial charge on any atom is 0.306 e. The second kappa shape index (κ2) is 9.60. The van der Waals surface area contributed by atoms with Crippen molar-refractivity contribution in [2.75, 3.05) is 14.2 Å². The van der Waals surface area contributed by atoms with Gasteiger partial charge in [-0.3, -0.25) is 9.59 Å². The quantitative estimate of drug-likeness (QED) is 0.253. The van der Waals surface area contributed by atoms with Crippen molar-refractivity contribution in [2.24, 2.45) is 0 Å². The van der Waals surface area contributed by atoms with Gasteiger partial charge in [0.05, 0.1) is 25.7 Å². The maximum absolute atomic E-state index is 13.0. The normalized spacial score (nSPS) is 11.9. The summed E-state index contributed by atoms with van der Waals surface area (Å²) in [5.41, 5.74) is 0.0858. The Bertz CT molecular complexity index is 1480. The van der Waals surface area contributed by atoms with Crippen molar-refractivity contribution in [1.82, 2.24) is 0 Å². The first-order chi connectivity index (χ1) is 16.8. The largest absolute Gasteiger partial charge is 0.504 e. The van der Waals surface area contributed by atoms with E-state index in [0.29, 0.717) is 16.9 Å². The van der Waals surface area contributed by atoms with Crippen LogP contribution in [0.1, 0.15) is 23.5 Å². The van der Waals surface area contributed by atoms with Gasteiger partial charge in [-0.25, -0.2) is 0 Å². The first-order valence-electron chi connectivity index (χ1n) is 10.5. The molecule has 0 fully saturated rings. The van der Waals surface area contributed by atoms with Crippen molar-refractivity contribution >= 4 is 28.5 Å². The molecule has 4 rings (SSSR count). The molecule has 0 aliphatic carbocycles. The molecule has 35 heavy (non-hydrogen) atoms. The second-order valence-electron chi connectivity index (χ2n) is 7.73. The van der Waals surface area contributed by atoms with Crippen LogP contribution in [0.2, 0.25) is 5.02 Å². The molecule has 0 radical (unpaired) electrons. The Labute approximate surface area is 204 Å². The first kappa shape index (κ1) is 24.0. The Hall–Kier alpha value is -4.17. The van der Waals surface area contributed by atoms with Crippen LogP contribution in [0.3, 0.4) is 0 Å². The van der Waals surface area contributed by atoms with Gasteiger partial charge in [0.15, 0.2) is 16.9 Å². The molecular weight excluding hydrogens is 476 g/mol. The van der Waals surface area contributed by atoms with Gasteiger partial charge in [-0.1, -0.05) is 48.0 Å². The van der Waals surface area contributed by atoms with Gasteiger partial charge in [0.2, 0.25) is 5.75 Å². The lowest BCUT2D eigenvalue weighted by atomic mass is 9.86. The van der Waals surface area contributed by atoms with Gasteiger partial charge >= 0.3 is 5.97 Å². The van der Waals surface area contributed by atoms with Gasteiger partial charge < -0.3 is 29.2 Å². The van der Waals surface area contributed by atoms with Crippen molar-refractivity contribution < 1.29 is 34.0 Å². The van der Waals surface area contributed by atoms with Crippen molar-refractivity contribution in [3.8, 4) is 34.3 Å². The molecule has 0 unspecified atom stereocenters. The van der Waals surface area contributed by atoms with Gasteiger partial charge in [0.1, 0.15) is 22.5 Å². The number of ether oxygens (including phenoxy) is 2. The lowest BCUT2D eigenvalue weighted by molar-refractivity contribution is -0.140. The standard InChI is InChI=1S/C26H21ClO8/c1-33-18-9-8-14(10-16(18)27)15(11-20(29)34-2)21-23(30)25(32)24(31)22-17(28)12-19(35-26(21)22)13-6-4-3-5-7-13/h3-10,12,15,30-32H,11H2,1-2H3/t15-/m1/s1. The summed E-state index contributed by atoms with van der Waals surface area (Å²) in [6, 6.07) is 14.7. The molecule has 180 valence electrons. The number of fused-ring (bicyclic) bond motifs is 1. The molecule has 0 aliphatic rings. The van der Waals surface area contributed by atoms with Crippen LogP contribution in [0.15, 0.2) is 63.8 Å². The lowest BCUT2D eigenvalue weighted by Crippen LogP contribution is -2.12. The molecule has 8 nitrogen and oxygen atoms in total.